The molecule has 0 aliphatic rings. The van der Waals surface area contributed by atoms with Crippen LogP contribution in [0.3, 0.4) is 0 Å². The van der Waals surface area contributed by atoms with Crippen LogP contribution in [0.4, 0.5) is 18.9 Å². The number of hydrogen-bond acceptors (Lipinski definition) is 3. The van der Waals surface area contributed by atoms with E-state index in [1.807, 2.05) is 13.8 Å². The van der Waals surface area contributed by atoms with Crippen molar-refractivity contribution < 1.29 is 23.0 Å². The summed E-state index contributed by atoms with van der Waals surface area (Å²) in [4.78, 5) is 0. The summed E-state index contributed by atoms with van der Waals surface area (Å²) in [5.41, 5.74) is -0.170. The summed E-state index contributed by atoms with van der Waals surface area (Å²) >= 11 is 0. The molecule has 1 aromatic rings. The minimum Gasteiger partial charge on any atom is -0.406 e. The summed E-state index contributed by atoms with van der Waals surface area (Å²) in [7, 11) is 0. The lowest BCUT2D eigenvalue weighted by Crippen LogP contribution is -2.35. The van der Waals surface area contributed by atoms with Gasteiger partial charge in [0.1, 0.15) is 5.75 Å². The van der Waals surface area contributed by atoms with Crippen molar-refractivity contribution >= 4 is 5.69 Å². The smallest absolute Gasteiger partial charge is 0.406 e. The quantitative estimate of drug-likeness (QED) is 0.835. The highest BCUT2D eigenvalue weighted by molar-refractivity contribution is 5.46. The Hall–Kier alpha value is -1.43. The van der Waals surface area contributed by atoms with Crippen LogP contribution in [-0.2, 0) is 0 Å². The van der Waals surface area contributed by atoms with Gasteiger partial charge in [-0.3, -0.25) is 0 Å². The van der Waals surface area contributed by atoms with Gasteiger partial charge in [0.25, 0.3) is 0 Å². The number of rotatable bonds is 6. The zero-order valence-corrected chi connectivity index (χ0v) is 10.9. The third-order valence-corrected chi connectivity index (χ3v) is 3.03. The molecule has 0 unspecified atom stereocenters. The van der Waals surface area contributed by atoms with Gasteiger partial charge in [0.2, 0.25) is 0 Å². The maximum atomic E-state index is 12.0. The van der Waals surface area contributed by atoms with E-state index in [4.69, 9.17) is 0 Å². The zero-order valence-electron chi connectivity index (χ0n) is 10.9. The van der Waals surface area contributed by atoms with Crippen molar-refractivity contribution in [2.24, 2.45) is 0 Å². The van der Waals surface area contributed by atoms with Gasteiger partial charge in [-0.25, -0.2) is 0 Å². The number of hydrogen-bond donors (Lipinski definition) is 2. The lowest BCUT2D eigenvalue weighted by atomic mass is 9.97. The number of ether oxygens (including phenoxy) is 1. The van der Waals surface area contributed by atoms with Gasteiger partial charge >= 0.3 is 6.36 Å². The number of alkyl halides is 3. The van der Waals surface area contributed by atoms with Crippen molar-refractivity contribution in [3.63, 3.8) is 0 Å². The van der Waals surface area contributed by atoms with Crippen molar-refractivity contribution in [2.45, 2.75) is 38.7 Å². The standard InChI is InChI=1S/C13H18F3NO2/c1-3-12(18,4-2)9-17-10-5-7-11(8-6-10)19-13(14,15)16/h5-8,17-18H,3-4,9H2,1-2H3. The van der Waals surface area contributed by atoms with Gasteiger partial charge in [-0.05, 0) is 37.1 Å². The number of nitrogens with one attached hydrogen (secondary N) is 1. The van der Waals surface area contributed by atoms with E-state index in [-0.39, 0.29) is 5.75 Å². The van der Waals surface area contributed by atoms with Crippen molar-refractivity contribution in [2.75, 3.05) is 11.9 Å². The SMILES string of the molecule is CCC(O)(CC)CNc1ccc(OC(F)(F)F)cc1. The number of aliphatic hydroxyl groups is 1. The van der Waals surface area contributed by atoms with E-state index < -0.39 is 12.0 Å². The first-order valence-corrected chi connectivity index (χ1v) is 6.10. The molecule has 1 rings (SSSR count). The Balaban J connectivity index is 2.58. The van der Waals surface area contributed by atoms with Crippen LogP contribution in [0.25, 0.3) is 0 Å². The highest BCUT2D eigenvalue weighted by atomic mass is 19.4. The number of anilines is 1. The van der Waals surface area contributed by atoms with Gasteiger partial charge in [-0.1, -0.05) is 13.8 Å². The van der Waals surface area contributed by atoms with Crippen LogP contribution in [0.5, 0.6) is 5.75 Å². The summed E-state index contributed by atoms with van der Waals surface area (Å²) < 4.78 is 39.7. The topological polar surface area (TPSA) is 41.5 Å². The Bertz CT molecular complexity index is 386. The molecular weight excluding hydrogens is 259 g/mol. The molecule has 0 aliphatic carbocycles. The minimum atomic E-state index is -4.68. The molecule has 0 atom stereocenters. The van der Waals surface area contributed by atoms with Gasteiger partial charge in [-0.2, -0.15) is 0 Å². The molecule has 3 nitrogen and oxygen atoms in total. The van der Waals surface area contributed by atoms with Gasteiger partial charge in [-0.15, -0.1) is 13.2 Å². The normalized spacial score (nSPS) is 12.3. The van der Waals surface area contributed by atoms with E-state index >= 15 is 0 Å². The molecular formula is C13H18F3NO2. The van der Waals surface area contributed by atoms with E-state index in [1.165, 1.54) is 24.3 Å². The molecule has 0 amide bonds. The summed E-state index contributed by atoms with van der Waals surface area (Å²) in [6, 6.07) is 5.42. The van der Waals surface area contributed by atoms with E-state index in [1.54, 1.807) is 0 Å². The maximum absolute atomic E-state index is 12.0. The Labute approximate surface area is 110 Å². The van der Waals surface area contributed by atoms with E-state index in [9.17, 15) is 18.3 Å². The second-order valence-electron chi connectivity index (χ2n) is 4.36. The van der Waals surface area contributed by atoms with Crippen molar-refractivity contribution in [1.82, 2.24) is 0 Å². The molecule has 6 heteroatoms. The van der Waals surface area contributed by atoms with Crippen LogP contribution >= 0.6 is 0 Å². The Morgan fingerprint density at radius 2 is 1.63 bits per heavy atom. The third kappa shape index (κ3) is 5.38. The molecule has 2 N–H and O–H groups in total. The Morgan fingerprint density at radius 1 is 1.11 bits per heavy atom. The predicted molar refractivity (Wildman–Crippen MR) is 67.1 cm³/mol. The fraction of sp³-hybridized carbons (Fsp3) is 0.538. The van der Waals surface area contributed by atoms with E-state index in [2.05, 4.69) is 10.1 Å². The van der Waals surface area contributed by atoms with Crippen molar-refractivity contribution in [3.05, 3.63) is 24.3 Å². The summed E-state index contributed by atoms with van der Waals surface area (Å²) in [6.07, 6.45) is -3.48. The molecule has 19 heavy (non-hydrogen) atoms. The fourth-order valence-corrected chi connectivity index (χ4v) is 1.54. The van der Waals surface area contributed by atoms with Crippen LogP contribution in [0, 0.1) is 0 Å². The fourth-order valence-electron chi connectivity index (χ4n) is 1.54. The molecule has 108 valence electrons. The van der Waals surface area contributed by atoms with Crippen molar-refractivity contribution in [3.8, 4) is 5.75 Å². The lowest BCUT2D eigenvalue weighted by Gasteiger charge is -2.26. The third-order valence-electron chi connectivity index (χ3n) is 3.03. The first-order chi connectivity index (χ1) is 8.78. The first kappa shape index (κ1) is 15.6. The first-order valence-electron chi connectivity index (χ1n) is 6.10. The largest absolute Gasteiger partial charge is 0.573 e. The number of benzene rings is 1. The summed E-state index contributed by atoms with van der Waals surface area (Å²) in [5, 5.41) is 13.1. The second-order valence-corrected chi connectivity index (χ2v) is 4.36. The van der Waals surface area contributed by atoms with Crippen LogP contribution in [0.15, 0.2) is 24.3 Å². The van der Waals surface area contributed by atoms with E-state index in [0.29, 0.717) is 25.1 Å². The number of halogens is 3. The van der Waals surface area contributed by atoms with Gasteiger partial charge < -0.3 is 15.2 Å². The van der Waals surface area contributed by atoms with Crippen LogP contribution < -0.4 is 10.1 Å². The molecule has 0 aromatic heterocycles. The minimum absolute atomic E-state index is 0.265. The molecule has 0 saturated carbocycles. The van der Waals surface area contributed by atoms with Gasteiger partial charge in [0.05, 0.1) is 5.60 Å². The Morgan fingerprint density at radius 3 is 2.05 bits per heavy atom. The molecule has 0 saturated heterocycles. The van der Waals surface area contributed by atoms with Crippen molar-refractivity contribution in [1.29, 1.82) is 0 Å². The summed E-state index contributed by atoms with van der Waals surface area (Å²) in [6.45, 7) is 4.11. The van der Waals surface area contributed by atoms with Gasteiger partial charge in [0.15, 0.2) is 0 Å². The highest BCUT2D eigenvalue weighted by Crippen LogP contribution is 2.24. The zero-order chi connectivity index (χ0) is 14.5. The van der Waals surface area contributed by atoms with Crippen LogP contribution in [-0.4, -0.2) is 23.6 Å². The molecule has 0 heterocycles. The molecule has 0 radical (unpaired) electrons. The van der Waals surface area contributed by atoms with E-state index in [0.717, 1.165) is 0 Å². The molecule has 1 aromatic carbocycles. The molecule has 0 spiro atoms. The van der Waals surface area contributed by atoms with Crippen LogP contribution in [0.2, 0.25) is 0 Å². The highest BCUT2D eigenvalue weighted by Gasteiger charge is 2.31. The molecule has 0 bridgehead atoms. The monoisotopic (exact) mass is 277 g/mol. The average Bonchev–Trinajstić information content (AvgIpc) is 2.36. The molecule has 0 aliphatic heterocycles. The van der Waals surface area contributed by atoms with Gasteiger partial charge in [0, 0.05) is 12.2 Å². The lowest BCUT2D eigenvalue weighted by molar-refractivity contribution is -0.274. The maximum Gasteiger partial charge on any atom is 0.573 e. The molecule has 0 fully saturated rings. The second kappa shape index (κ2) is 6.14. The predicted octanol–water partition coefficient (Wildman–Crippen LogP) is 3.55. The summed E-state index contributed by atoms with van der Waals surface area (Å²) in [5.74, 6) is -0.265. The Kier molecular flexibility index (Phi) is 5.05. The average molecular weight is 277 g/mol. The van der Waals surface area contributed by atoms with Crippen LogP contribution in [0.1, 0.15) is 26.7 Å².